The lowest BCUT2D eigenvalue weighted by atomic mass is 9.79. The van der Waals surface area contributed by atoms with Crippen LogP contribution in [-0.2, 0) is 9.59 Å². The summed E-state index contributed by atoms with van der Waals surface area (Å²) in [6.07, 6.45) is 18.9. The van der Waals surface area contributed by atoms with Gasteiger partial charge in [-0.3, -0.25) is 14.5 Å². The lowest BCUT2D eigenvalue weighted by Gasteiger charge is -2.48. The Morgan fingerprint density at radius 2 is 1.23 bits per heavy atom. The second-order valence-corrected chi connectivity index (χ2v) is 11.6. The molecule has 2 rings (SSSR count). The van der Waals surface area contributed by atoms with Gasteiger partial charge in [-0.05, 0) is 47.0 Å². The number of rotatable bonds is 14. The second-order valence-electron chi connectivity index (χ2n) is 11.6. The standard InChI is InChI=1S/C27H50N2O2/c1-6-7-8-9-10-11-12-13-14-15-16-17-18-22-19-24(30)29(25(22)31)23-20-26(2,3)28-27(4,5)21-23/h22-23,28H,6-21H2,1-5H3. The van der Waals surface area contributed by atoms with Crippen LogP contribution in [0.1, 0.15) is 137 Å². The minimum Gasteiger partial charge on any atom is -0.307 e. The molecule has 4 heteroatoms. The number of carbonyl (C=O) groups is 2. The van der Waals surface area contributed by atoms with Gasteiger partial charge in [-0.15, -0.1) is 0 Å². The van der Waals surface area contributed by atoms with Crippen molar-refractivity contribution in [3.8, 4) is 0 Å². The van der Waals surface area contributed by atoms with E-state index in [1.165, 1.54) is 70.6 Å². The summed E-state index contributed by atoms with van der Waals surface area (Å²) < 4.78 is 0. The van der Waals surface area contributed by atoms with E-state index in [1.807, 2.05) is 0 Å². The summed E-state index contributed by atoms with van der Waals surface area (Å²) in [5.74, 6) is 0.0933. The zero-order valence-electron chi connectivity index (χ0n) is 21.2. The van der Waals surface area contributed by atoms with Crippen LogP contribution in [0.4, 0.5) is 0 Å². The quantitative estimate of drug-likeness (QED) is 0.243. The van der Waals surface area contributed by atoms with Crippen molar-refractivity contribution in [2.75, 3.05) is 0 Å². The minimum absolute atomic E-state index is 0.0400. The largest absolute Gasteiger partial charge is 0.307 e. The predicted octanol–water partition coefficient (Wildman–Crippen LogP) is 6.76. The van der Waals surface area contributed by atoms with Crippen molar-refractivity contribution >= 4 is 11.8 Å². The molecule has 1 atom stereocenters. The van der Waals surface area contributed by atoms with Gasteiger partial charge in [0.1, 0.15) is 0 Å². The molecule has 2 amide bonds. The smallest absolute Gasteiger partial charge is 0.233 e. The molecule has 4 nitrogen and oxygen atoms in total. The van der Waals surface area contributed by atoms with E-state index in [-0.39, 0.29) is 34.9 Å². The van der Waals surface area contributed by atoms with Gasteiger partial charge >= 0.3 is 0 Å². The maximum atomic E-state index is 13.1. The lowest BCUT2D eigenvalue weighted by Crippen LogP contribution is -2.62. The molecular weight excluding hydrogens is 384 g/mol. The molecule has 0 aliphatic carbocycles. The van der Waals surface area contributed by atoms with E-state index in [0.717, 1.165) is 25.7 Å². The van der Waals surface area contributed by atoms with E-state index >= 15 is 0 Å². The molecule has 2 fully saturated rings. The molecule has 0 saturated carbocycles. The highest BCUT2D eigenvalue weighted by atomic mass is 16.2. The van der Waals surface area contributed by atoms with Crippen molar-refractivity contribution < 1.29 is 9.59 Å². The SMILES string of the molecule is CCCCCCCCCCCCCCC1CC(=O)N(C2CC(C)(C)NC(C)(C)C2)C1=O. The third-order valence-electron chi connectivity index (χ3n) is 7.22. The van der Waals surface area contributed by atoms with Crippen LogP contribution in [0.25, 0.3) is 0 Å². The van der Waals surface area contributed by atoms with Crippen LogP contribution in [-0.4, -0.2) is 33.8 Å². The van der Waals surface area contributed by atoms with Crippen LogP contribution in [0.15, 0.2) is 0 Å². The summed E-state index contributed by atoms with van der Waals surface area (Å²) in [6.45, 7) is 11.0. The lowest BCUT2D eigenvalue weighted by molar-refractivity contribution is -0.144. The fraction of sp³-hybridized carbons (Fsp3) is 0.926. The first kappa shape index (κ1) is 26.4. The summed E-state index contributed by atoms with van der Waals surface area (Å²) in [4.78, 5) is 27.4. The monoisotopic (exact) mass is 434 g/mol. The third kappa shape index (κ3) is 8.86. The highest BCUT2D eigenvalue weighted by Crippen LogP contribution is 2.36. The molecular formula is C27H50N2O2. The molecule has 0 aromatic rings. The maximum Gasteiger partial charge on any atom is 0.233 e. The summed E-state index contributed by atoms with van der Waals surface area (Å²) in [7, 11) is 0. The van der Waals surface area contributed by atoms with Gasteiger partial charge in [-0.1, -0.05) is 84.0 Å². The normalized spacial score (nSPS) is 23.6. The van der Waals surface area contributed by atoms with Crippen LogP contribution in [0, 0.1) is 5.92 Å². The molecule has 0 bridgehead atoms. The van der Waals surface area contributed by atoms with Crippen LogP contribution in [0.2, 0.25) is 0 Å². The van der Waals surface area contributed by atoms with Crippen molar-refractivity contribution in [2.45, 2.75) is 154 Å². The number of piperidine rings is 1. The summed E-state index contributed by atoms with van der Waals surface area (Å²) in [5.41, 5.74) is -0.110. The van der Waals surface area contributed by atoms with Crippen molar-refractivity contribution in [2.24, 2.45) is 5.92 Å². The van der Waals surface area contributed by atoms with Crippen molar-refractivity contribution in [3.05, 3.63) is 0 Å². The molecule has 0 radical (unpaired) electrons. The number of likely N-dealkylation sites (tertiary alicyclic amines) is 1. The summed E-state index contributed by atoms with van der Waals surface area (Å²) in [5, 5.41) is 3.65. The number of nitrogens with zero attached hydrogens (tertiary/aromatic N) is 1. The van der Waals surface area contributed by atoms with Crippen molar-refractivity contribution in [3.63, 3.8) is 0 Å². The Morgan fingerprint density at radius 1 is 0.774 bits per heavy atom. The first-order valence-corrected chi connectivity index (χ1v) is 13.3. The van der Waals surface area contributed by atoms with Gasteiger partial charge in [0.2, 0.25) is 11.8 Å². The van der Waals surface area contributed by atoms with Gasteiger partial charge < -0.3 is 5.32 Å². The topological polar surface area (TPSA) is 49.4 Å². The fourth-order valence-corrected chi connectivity index (χ4v) is 6.01. The van der Waals surface area contributed by atoms with Gasteiger partial charge in [0.15, 0.2) is 0 Å². The van der Waals surface area contributed by atoms with E-state index in [0.29, 0.717) is 6.42 Å². The predicted molar refractivity (Wildman–Crippen MR) is 130 cm³/mol. The average molecular weight is 435 g/mol. The molecule has 2 aliphatic heterocycles. The van der Waals surface area contributed by atoms with E-state index in [2.05, 4.69) is 39.9 Å². The Labute approximate surface area is 192 Å². The number of hydrogen-bond donors (Lipinski definition) is 1. The Morgan fingerprint density at radius 3 is 1.71 bits per heavy atom. The van der Waals surface area contributed by atoms with Crippen LogP contribution in [0.5, 0.6) is 0 Å². The van der Waals surface area contributed by atoms with Crippen molar-refractivity contribution in [1.82, 2.24) is 10.2 Å². The Balaban J connectivity index is 1.62. The fourth-order valence-electron chi connectivity index (χ4n) is 6.01. The number of carbonyl (C=O) groups excluding carboxylic acids is 2. The first-order chi connectivity index (χ1) is 14.7. The molecule has 2 saturated heterocycles. The molecule has 2 heterocycles. The molecule has 180 valence electrons. The van der Waals surface area contributed by atoms with E-state index < -0.39 is 0 Å². The highest BCUT2D eigenvalue weighted by Gasteiger charge is 2.47. The zero-order valence-corrected chi connectivity index (χ0v) is 21.2. The highest BCUT2D eigenvalue weighted by molar-refractivity contribution is 6.03. The van der Waals surface area contributed by atoms with E-state index in [1.54, 1.807) is 4.90 Å². The van der Waals surface area contributed by atoms with E-state index in [9.17, 15) is 9.59 Å². The summed E-state index contributed by atoms with van der Waals surface area (Å²) in [6, 6.07) is 0.0400. The molecule has 1 unspecified atom stereocenters. The maximum absolute atomic E-state index is 13.1. The third-order valence-corrected chi connectivity index (χ3v) is 7.22. The Hall–Kier alpha value is -0.900. The number of imide groups is 1. The number of unbranched alkanes of at least 4 members (excludes halogenated alkanes) is 11. The Kier molecular flexibility index (Phi) is 10.5. The second kappa shape index (κ2) is 12.4. The molecule has 0 aromatic heterocycles. The van der Waals surface area contributed by atoms with Gasteiger partial charge in [0.25, 0.3) is 0 Å². The van der Waals surface area contributed by atoms with E-state index in [4.69, 9.17) is 0 Å². The van der Waals surface area contributed by atoms with Gasteiger partial charge in [-0.2, -0.15) is 0 Å². The van der Waals surface area contributed by atoms with Gasteiger partial charge in [-0.25, -0.2) is 0 Å². The average Bonchev–Trinajstić information content (AvgIpc) is 2.93. The van der Waals surface area contributed by atoms with Gasteiger partial charge in [0, 0.05) is 29.5 Å². The molecule has 1 N–H and O–H groups in total. The first-order valence-electron chi connectivity index (χ1n) is 13.3. The molecule has 0 spiro atoms. The number of nitrogens with one attached hydrogen (secondary N) is 1. The number of amides is 2. The minimum atomic E-state index is -0.0725. The van der Waals surface area contributed by atoms with Gasteiger partial charge in [0.05, 0.1) is 0 Å². The molecule has 2 aliphatic rings. The summed E-state index contributed by atoms with van der Waals surface area (Å²) >= 11 is 0. The molecule has 0 aromatic carbocycles. The van der Waals surface area contributed by atoms with Crippen LogP contribution >= 0.6 is 0 Å². The van der Waals surface area contributed by atoms with Crippen LogP contribution in [0.3, 0.4) is 0 Å². The zero-order chi connectivity index (χ0) is 22.9. The number of hydrogen-bond acceptors (Lipinski definition) is 3. The Bertz CT molecular complexity index is 554. The van der Waals surface area contributed by atoms with Crippen LogP contribution < -0.4 is 5.32 Å². The van der Waals surface area contributed by atoms with Crippen molar-refractivity contribution in [1.29, 1.82) is 0 Å². The molecule has 31 heavy (non-hydrogen) atoms.